The molecule has 0 saturated heterocycles. The normalized spacial score (nSPS) is 11.0. The van der Waals surface area contributed by atoms with Crippen molar-refractivity contribution >= 4 is 39.1 Å². The molecule has 0 bridgehead atoms. The number of nitrogens with zero attached hydrogens (tertiary/aromatic N) is 1. The molecule has 27 heavy (non-hydrogen) atoms. The summed E-state index contributed by atoms with van der Waals surface area (Å²) in [5, 5.41) is 5.84. The van der Waals surface area contributed by atoms with Gasteiger partial charge in [-0.25, -0.2) is 0 Å². The second kappa shape index (κ2) is 7.99. The van der Waals surface area contributed by atoms with Gasteiger partial charge in [0.1, 0.15) is 5.69 Å². The zero-order valence-corrected chi connectivity index (χ0v) is 16.3. The SMILES string of the molecule is O=C(NCCc1ccc(Cl)cc1)c1cc2sccc2n1Cc1ccccc1. The average Bonchev–Trinajstić information content (AvgIpc) is 3.27. The minimum absolute atomic E-state index is 0.0386. The van der Waals surface area contributed by atoms with E-state index in [1.807, 2.05) is 48.5 Å². The Morgan fingerprint density at radius 3 is 2.56 bits per heavy atom. The molecular formula is C22H19ClN2OS. The molecule has 5 heteroatoms. The second-order valence-electron chi connectivity index (χ2n) is 6.40. The van der Waals surface area contributed by atoms with Gasteiger partial charge < -0.3 is 9.88 Å². The fraction of sp³-hybridized carbons (Fsp3) is 0.136. The number of hydrogen-bond acceptors (Lipinski definition) is 2. The van der Waals surface area contributed by atoms with E-state index in [2.05, 4.69) is 33.5 Å². The topological polar surface area (TPSA) is 34.0 Å². The quantitative estimate of drug-likeness (QED) is 0.468. The number of carbonyl (C=O) groups excluding carboxylic acids is 1. The molecule has 0 aliphatic carbocycles. The van der Waals surface area contributed by atoms with E-state index in [-0.39, 0.29) is 5.91 Å². The number of fused-ring (bicyclic) bond motifs is 1. The van der Waals surface area contributed by atoms with E-state index in [0.29, 0.717) is 18.8 Å². The summed E-state index contributed by atoms with van der Waals surface area (Å²) in [5.41, 5.74) is 4.14. The maximum absolute atomic E-state index is 12.8. The fourth-order valence-electron chi connectivity index (χ4n) is 3.16. The van der Waals surface area contributed by atoms with Gasteiger partial charge in [-0.1, -0.05) is 54.1 Å². The van der Waals surface area contributed by atoms with Gasteiger partial charge in [-0.15, -0.1) is 11.3 Å². The van der Waals surface area contributed by atoms with Crippen LogP contribution in [0.5, 0.6) is 0 Å². The minimum atomic E-state index is -0.0386. The molecule has 3 nitrogen and oxygen atoms in total. The molecule has 0 spiro atoms. The highest BCUT2D eigenvalue weighted by atomic mass is 35.5. The van der Waals surface area contributed by atoms with E-state index in [1.165, 1.54) is 5.56 Å². The van der Waals surface area contributed by atoms with Crippen molar-refractivity contribution < 1.29 is 4.79 Å². The summed E-state index contributed by atoms with van der Waals surface area (Å²) in [6.45, 7) is 1.27. The van der Waals surface area contributed by atoms with Gasteiger partial charge in [0.2, 0.25) is 0 Å². The van der Waals surface area contributed by atoms with Crippen molar-refractivity contribution in [1.29, 1.82) is 0 Å². The average molecular weight is 395 g/mol. The van der Waals surface area contributed by atoms with Gasteiger partial charge in [-0.2, -0.15) is 0 Å². The lowest BCUT2D eigenvalue weighted by Gasteiger charge is -2.11. The lowest BCUT2D eigenvalue weighted by atomic mass is 10.1. The van der Waals surface area contributed by atoms with E-state index < -0.39 is 0 Å². The predicted octanol–water partition coefficient (Wildman–Crippen LogP) is 5.38. The van der Waals surface area contributed by atoms with Crippen molar-refractivity contribution in [3.8, 4) is 0 Å². The molecule has 0 aliphatic heterocycles. The number of hydrogen-bond donors (Lipinski definition) is 1. The van der Waals surface area contributed by atoms with Crippen LogP contribution in [0.25, 0.3) is 10.2 Å². The number of amides is 1. The Bertz CT molecular complexity index is 1050. The summed E-state index contributed by atoms with van der Waals surface area (Å²) < 4.78 is 3.23. The van der Waals surface area contributed by atoms with E-state index in [9.17, 15) is 4.79 Å². The number of thiophene rings is 1. The summed E-state index contributed by atoms with van der Waals surface area (Å²) in [6, 6.07) is 22.0. The summed E-state index contributed by atoms with van der Waals surface area (Å²) in [5.74, 6) is -0.0386. The van der Waals surface area contributed by atoms with Gasteiger partial charge in [0.25, 0.3) is 5.91 Å². The number of benzene rings is 2. The third-order valence-electron chi connectivity index (χ3n) is 4.55. The van der Waals surface area contributed by atoms with Gasteiger partial charge >= 0.3 is 0 Å². The Morgan fingerprint density at radius 2 is 1.78 bits per heavy atom. The highest BCUT2D eigenvalue weighted by Gasteiger charge is 2.16. The minimum Gasteiger partial charge on any atom is -0.350 e. The Labute approximate surface area is 167 Å². The van der Waals surface area contributed by atoms with Crippen LogP contribution < -0.4 is 5.32 Å². The van der Waals surface area contributed by atoms with Crippen LogP contribution in [0.15, 0.2) is 72.1 Å². The first-order valence-electron chi connectivity index (χ1n) is 8.84. The molecule has 1 N–H and O–H groups in total. The van der Waals surface area contributed by atoms with Crippen LogP contribution in [0, 0.1) is 0 Å². The first-order chi connectivity index (χ1) is 13.2. The summed E-state index contributed by atoms with van der Waals surface area (Å²) in [4.78, 5) is 12.8. The molecule has 0 radical (unpaired) electrons. The molecule has 0 atom stereocenters. The summed E-state index contributed by atoms with van der Waals surface area (Å²) in [6.07, 6.45) is 0.774. The summed E-state index contributed by atoms with van der Waals surface area (Å²) in [7, 11) is 0. The highest BCUT2D eigenvalue weighted by molar-refractivity contribution is 7.17. The molecule has 4 rings (SSSR count). The Balaban J connectivity index is 1.50. The molecule has 0 aliphatic rings. The van der Waals surface area contributed by atoms with Crippen LogP contribution in [0.1, 0.15) is 21.6 Å². The molecule has 2 aromatic heterocycles. The van der Waals surface area contributed by atoms with Crippen LogP contribution >= 0.6 is 22.9 Å². The van der Waals surface area contributed by atoms with Crippen LogP contribution in [0.3, 0.4) is 0 Å². The first-order valence-corrected chi connectivity index (χ1v) is 10.1. The Hall–Kier alpha value is -2.56. The van der Waals surface area contributed by atoms with Crippen molar-refractivity contribution in [3.63, 3.8) is 0 Å². The third kappa shape index (κ3) is 4.07. The molecule has 2 heterocycles. The monoisotopic (exact) mass is 394 g/mol. The lowest BCUT2D eigenvalue weighted by Crippen LogP contribution is -2.28. The molecule has 0 fully saturated rings. The van der Waals surface area contributed by atoms with E-state index in [0.717, 1.165) is 27.2 Å². The van der Waals surface area contributed by atoms with Gasteiger partial charge in [0.15, 0.2) is 0 Å². The molecule has 136 valence electrons. The summed E-state index contributed by atoms with van der Waals surface area (Å²) >= 11 is 7.58. The molecule has 0 saturated carbocycles. The highest BCUT2D eigenvalue weighted by Crippen LogP contribution is 2.26. The van der Waals surface area contributed by atoms with Gasteiger partial charge in [-0.3, -0.25) is 4.79 Å². The van der Waals surface area contributed by atoms with E-state index >= 15 is 0 Å². The van der Waals surface area contributed by atoms with Crippen LogP contribution in [-0.2, 0) is 13.0 Å². The molecule has 1 amide bonds. The van der Waals surface area contributed by atoms with E-state index in [1.54, 1.807) is 11.3 Å². The molecular weight excluding hydrogens is 376 g/mol. The number of nitrogens with one attached hydrogen (secondary N) is 1. The number of halogens is 1. The number of carbonyl (C=O) groups is 1. The maximum atomic E-state index is 12.8. The van der Waals surface area contributed by atoms with Crippen LogP contribution in [-0.4, -0.2) is 17.0 Å². The predicted molar refractivity (Wildman–Crippen MR) is 113 cm³/mol. The van der Waals surface area contributed by atoms with Crippen molar-refractivity contribution in [2.45, 2.75) is 13.0 Å². The van der Waals surface area contributed by atoms with Crippen molar-refractivity contribution in [2.24, 2.45) is 0 Å². The second-order valence-corrected chi connectivity index (χ2v) is 7.79. The lowest BCUT2D eigenvalue weighted by molar-refractivity contribution is 0.0946. The molecule has 4 aromatic rings. The Morgan fingerprint density at radius 1 is 1.00 bits per heavy atom. The van der Waals surface area contributed by atoms with E-state index in [4.69, 9.17) is 11.6 Å². The van der Waals surface area contributed by atoms with Crippen molar-refractivity contribution in [3.05, 3.63) is 94.0 Å². The first kappa shape index (κ1) is 17.8. The van der Waals surface area contributed by atoms with Crippen molar-refractivity contribution in [2.75, 3.05) is 6.54 Å². The number of rotatable bonds is 6. The number of aromatic nitrogens is 1. The zero-order valence-electron chi connectivity index (χ0n) is 14.7. The standard InChI is InChI=1S/C22H19ClN2OS/c23-18-8-6-16(7-9-18)10-12-24-22(26)20-14-21-19(11-13-27-21)25(20)15-17-4-2-1-3-5-17/h1-9,11,13-14H,10,12,15H2,(H,24,26). The fourth-order valence-corrected chi connectivity index (χ4v) is 4.11. The maximum Gasteiger partial charge on any atom is 0.267 e. The van der Waals surface area contributed by atoms with Crippen molar-refractivity contribution in [1.82, 2.24) is 9.88 Å². The van der Waals surface area contributed by atoms with Gasteiger partial charge in [0, 0.05) is 18.1 Å². The molecule has 2 aromatic carbocycles. The van der Waals surface area contributed by atoms with Crippen LogP contribution in [0.4, 0.5) is 0 Å². The smallest absolute Gasteiger partial charge is 0.267 e. The Kier molecular flexibility index (Phi) is 5.28. The largest absolute Gasteiger partial charge is 0.350 e. The van der Waals surface area contributed by atoms with Gasteiger partial charge in [-0.05, 0) is 47.2 Å². The van der Waals surface area contributed by atoms with Crippen LogP contribution in [0.2, 0.25) is 5.02 Å². The zero-order chi connectivity index (χ0) is 18.6. The molecule has 0 unspecified atom stereocenters. The third-order valence-corrected chi connectivity index (χ3v) is 5.66. The van der Waals surface area contributed by atoms with Gasteiger partial charge in [0.05, 0.1) is 10.2 Å².